The molecule has 2 aromatic carbocycles. The number of benzene rings is 2. The summed E-state index contributed by atoms with van der Waals surface area (Å²) in [7, 11) is 0. The van der Waals surface area contributed by atoms with Crippen LogP contribution in [0.15, 0.2) is 54.6 Å². The van der Waals surface area contributed by atoms with Crippen molar-refractivity contribution in [3.05, 3.63) is 60.4 Å². The minimum absolute atomic E-state index is 0.191. The number of halogens is 1. The summed E-state index contributed by atoms with van der Waals surface area (Å²) in [6.07, 6.45) is -0.547. The minimum Gasteiger partial charge on any atom is -0.455 e. The van der Waals surface area contributed by atoms with Gasteiger partial charge in [-0.05, 0) is 24.3 Å². The molecule has 0 aromatic heterocycles. The first-order valence-corrected chi connectivity index (χ1v) is 5.38. The van der Waals surface area contributed by atoms with Crippen molar-refractivity contribution in [3.8, 4) is 11.5 Å². The van der Waals surface area contributed by atoms with E-state index in [-0.39, 0.29) is 5.75 Å². The molecule has 0 aliphatic carbocycles. The predicted octanol–water partition coefficient (Wildman–Crippen LogP) is 3.63. The number of rotatable bonds is 4. The maximum atomic E-state index is 13.3. The molecule has 0 amide bonds. The van der Waals surface area contributed by atoms with E-state index in [1.165, 1.54) is 6.07 Å². The summed E-state index contributed by atoms with van der Waals surface area (Å²) in [5.74, 6) is 0.489. The van der Waals surface area contributed by atoms with Crippen LogP contribution in [-0.2, 0) is 0 Å². The van der Waals surface area contributed by atoms with E-state index in [0.29, 0.717) is 5.75 Å². The van der Waals surface area contributed by atoms with E-state index < -0.39 is 12.1 Å². The number of para-hydroxylation sites is 2. The van der Waals surface area contributed by atoms with E-state index in [1.807, 2.05) is 30.3 Å². The van der Waals surface area contributed by atoms with Gasteiger partial charge in [0.05, 0.1) is 0 Å². The lowest BCUT2D eigenvalue weighted by Crippen LogP contribution is -2.20. The van der Waals surface area contributed by atoms with Gasteiger partial charge in [-0.3, -0.25) is 0 Å². The average Bonchev–Trinajstić information content (AvgIpc) is 2.33. The molecule has 1 atom stereocenters. The molecule has 2 aromatic rings. The Labute approximate surface area is 99.6 Å². The first-order chi connectivity index (χ1) is 8.25. The molecule has 1 unspecified atom stereocenters. The van der Waals surface area contributed by atoms with Crippen LogP contribution in [0.5, 0.6) is 11.5 Å². The Bertz CT molecular complexity index is 471. The average molecular weight is 232 g/mol. The van der Waals surface area contributed by atoms with Gasteiger partial charge in [-0.1, -0.05) is 30.3 Å². The third kappa shape index (κ3) is 3.21. The molecule has 0 aliphatic heterocycles. The van der Waals surface area contributed by atoms with E-state index in [4.69, 9.17) is 9.47 Å². The standard InChI is InChI=1S/C14H13FO2/c1-11(16-12-7-3-2-4-8-12)17-14-10-6-5-9-13(14)15/h2-11H,1H3. The van der Waals surface area contributed by atoms with Crippen LogP contribution in [0.4, 0.5) is 4.39 Å². The topological polar surface area (TPSA) is 18.5 Å². The largest absolute Gasteiger partial charge is 0.455 e. The molecule has 2 rings (SSSR count). The van der Waals surface area contributed by atoms with Crippen LogP contribution in [0, 0.1) is 5.82 Å². The molecule has 0 saturated carbocycles. The maximum absolute atomic E-state index is 13.3. The van der Waals surface area contributed by atoms with Crippen LogP contribution in [-0.4, -0.2) is 6.29 Å². The zero-order valence-corrected chi connectivity index (χ0v) is 9.47. The Hall–Kier alpha value is -2.03. The number of hydrogen-bond donors (Lipinski definition) is 0. The molecular weight excluding hydrogens is 219 g/mol. The summed E-state index contributed by atoms with van der Waals surface area (Å²) in [5, 5.41) is 0. The smallest absolute Gasteiger partial charge is 0.238 e. The van der Waals surface area contributed by atoms with E-state index in [2.05, 4.69) is 0 Å². The van der Waals surface area contributed by atoms with Crippen LogP contribution >= 0.6 is 0 Å². The zero-order chi connectivity index (χ0) is 12.1. The lowest BCUT2D eigenvalue weighted by atomic mass is 10.3. The van der Waals surface area contributed by atoms with Crippen molar-refractivity contribution in [1.82, 2.24) is 0 Å². The van der Waals surface area contributed by atoms with Gasteiger partial charge in [0, 0.05) is 6.92 Å². The Morgan fingerprint density at radius 3 is 2.24 bits per heavy atom. The highest BCUT2D eigenvalue weighted by Crippen LogP contribution is 2.18. The third-order valence-corrected chi connectivity index (χ3v) is 2.17. The van der Waals surface area contributed by atoms with E-state index in [1.54, 1.807) is 25.1 Å². The highest BCUT2D eigenvalue weighted by Gasteiger charge is 2.08. The van der Waals surface area contributed by atoms with E-state index >= 15 is 0 Å². The molecule has 2 nitrogen and oxygen atoms in total. The lowest BCUT2D eigenvalue weighted by molar-refractivity contribution is 0.0192. The second kappa shape index (κ2) is 5.34. The van der Waals surface area contributed by atoms with Gasteiger partial charge in [-0.25, -0.2) is 4.39 Å². The van der Waals surface area contributed by atoms with Crippen LogP contribution in [0.1, 0.15) is 6.92 Å². The van der Waals surface area contributed by atoms with Gasteiger partial charge in [0.25, 0.3) is 0 Å². The second-order valence-corrected chi connectivity index (χ2v) is 3.55. The van der Waals surface area contributed by atoms with Crippen LogP contribution in [0.3, 0.4) is 0 Å². The second-order valence-electron chi connectivity index (χ2n) is 3.55. The fourth-order valence-electron chi connectivity index (χ4n) is 1.43. The summed E-state index contributed by atoms with van der Waals surface area (Å²) < 4.78 is 24.1. The highest BCUT2D eigenvalue weighted by molar-refractivity contribution is 5.24. The van der Waals surface area contributed by atoms with Crippen molar-refractivity contribution < 1.29 is 13.9 Å². The highest BCUT2D eigenvalue weighted by atomic mass is 19.1. The predicted molar refractivity (Wildman–Crippen MR) is 63.6 cm³/mol. The molecular formula is C14H13FO2. The monoisotopic (exact) mass is 232 g/mol. The van der Waals surface area contributed by atoms with Gasteiger partial charge >= 0.3 is 0 Å². The molecule has 0 radical (unpaired) electrons. The zero-order valence-electron chi connectivity index (χ0n) is 9.47. The van der Waals surface area contributed by atoms with Crippen molar-refractivity contribution in [1.29, 1.82) is 0 Å². The fraction of sp³-hybridized carbons (Fsp3) is 0.143. The molecule has 17 heavy (non-hydrogen) atoms. The normalized spacial score (nSPS) is 11.9. The molecule has 0 bridgehead atoms. The van der Waals surface area contributed by atoms with E-state index in [9.17, 15) is 4.39 Å². The Morgan fingerprint density at radius 1 is 0.882 bits per heavy atom. The Balaban J connectivity index is 1.98. The van der Waals surface area contributed by atoms with Gasteiger partial charge in [0.1, 0.15) is 5.75 Å². The Kier molecular flexibility index (Phi) is 3.60. The van der Waals surface area contributed by atoms with Crippen molar-refractivity contribution in [3.63, 3.8) is 0 Å². The van der Waals surface area contributed by atoms with Gasteiger partial charge < -0.3 is 9.47 Å². The summed E-state index contributed by atoms with van der Waals surface area (Å²) in [4.78, 5) is 0. The SMILES string of the molecule is CC(Oc1ccccc1)Oc1ccccc1F. The summed E-state index contributed by atoms with van der Waals surface area (Å²) in [6, 6.07) is 15.5. The molecule has 0 aliphatic rings. The molecule has 88 valence electrons. The quantitative estimate of drug-likeness (QED) is 0.749. The summed E-state index contributed by atoms with van der Waals surface area (Å²) >= 11 is 0. The maximum Gasteiger partial charge on any atom is 0.238 e. The molecule has 0 fully saturated rings. The minimum atomic E-state index is -0.547. The lowest BCUT2D eigenvalue weighted by Gasteiger charge is -2.16. The molecule has 3 heteroatoms. The van der Waals surface area contributed by atoms with Crippen molar-refractivity contribution in [2.24, 2.45) is 0 Å². The van der Waals surface area contributed by atoms with Gasteiger partial charge in [-0.15, -0.1) is 0 Å². The summed E-state index contributed by atoms with van der Waals surface area (Å²) in [6.45, 7) is 1.72. The van der Waals surface area contributed by atoms with Crippen molar-refractivity contribution in [2.75, 3.05) is 0 Å². The number of hydrogen-bond acceptors (Lipinski definition) is 2. The van der Waals surface area contributed by atoms with Crippen molar-refractivity contribution in [2.45, 2.75) is 13.2 Å². The van der Waals surface area contributed by atoms with Gasteiger partial charge in [0.15, 0.2) is 11.6 Å². The van der Waals surface area contributed by atoms with Crippen molar-refractivity contribution >= 4 is 0 Å². The summed E-state index contributed by atoms with van der Waals surface area (Å²) in [5.41, 5.74) is 0. The molecule has 0 heterocycles. The molecule has 0 N–H and O–H groups in total. The number of ether oxygens (including phenoxy) is 2. The van der Waals surface area contributed by atoms with Gasteiger partial charge in [0.2, 0.25) is 6.29 Å². The van der Waals surface area contributed by atoms with Crippen LogP contribution in [0.2, 0.25) is 0 Å². The third-order valence-electron chi connectivity index (χ3n) is 2.17. The van der Waals surface area contributed by atoms with Crippen LogP contribution in [0.25, 0.3) is 0 Å². The fourth-order valence-corrected chi connectivity index (χ4v) is 1.43. The van der Waals surface area contributed by atoms with Crippen LogP contribution < -0.4 is 9.47 Å². The van der Waals surface area contributed by atoms with E-state index in [0.717, 1.165) is 0 Å². The molecule has 0 saturated heterocycles. The Morgan fingerprint density at radius 2 is 1.53 bits per heavy atom. The molecule has 0 spiro atoms. The van der Waals surface area contributed by atoms with Gasteiger partial charge in [-0.2, -0.15) is 0 Å². The first-order valence-electron chi connectivity index (χ1n) is 5.38. The first kappa shape index (κ1) is 11.5.